The highest BCUT2D eigenvalue weighted by molar-refractivity contribution is 5.92. The molecule has 0 aromatic carbocycles. The van der Waals surface area contributed by atoms with Gasteiger partial charge in [0.05, 0.1) is 0 Å². The molecule has 0 aliphatic heterocycles. The second-order valence-electron chi connectivity index (χ2n) is 6.44. The second-order valence-corrected chi connectivity index (χ2v) is 6.44. The van der Waals surface area contributed by atoms with Crippen molar-refractivity contribution in [2.75, 3.05) is 20.1 Å². The molecule has 29 heavy (non-hydrogen) atoms. The number of aliphatic imine (C=N–C) groups is 2. The Morgan fingerprint density at radius 1 is 0.828 bits per heavy atom. The van der Waals surface area contributed by atoms with E-state index in [2.05, 4.69) is 25.9 Å². The van der Waals surface area contributed by atoms with Gasteiger partial charge in [0.25, 0.3) is 0 Å². The van der Waals surface area contributed by atoms with E-state index in [1.807, 2.05) is 6.92 Å². The summed E-state index contributed by atoms with van der Waals surface area (Å²) in [7, 11) is 1.48. The summed E-state index contributed by atoms with van der Waals surface area (Å²) >= 11 is 0. The number of nitrogens with two attached hydrogens (primary N) is 4. The maximum atomic E-state index is 12.7. The highest BCUT2D eigenvalue weighted by Gasteiger charge is 2.25. The van der Waals surface area contributed by atoms with Crippen molar-refractivity contribution in [1.82, 2.24) is 16.0 Å². The van der Waals surface area contributed by atoms with Gasteiger partial charge in [0, 0.05) is 26.6 Å². The van der Waals surface area contributed by atoms with E-state index >= 15 is 0 Å². The van der Waals surface area contributed by atoms with Crippen LogP contribution in [-0.4, -0.2) is 61.9 Å². The van der Waals surface area contributed by atoms with Gasteiger partial charge in [-0.05, 0) is 32.1 Å². The van der Waals surface area contributed by atoms with E-state index in [1.165, 1.54) is 7.05 Å². The summed E-state index contributed by atoms with van der Waals surface area (Å²) < 4.78 is 0. The van der Waals surface area contributed by atoms with E-state index in [4.69, 9.17) is 22.9 Å². The predicted molar refractivity (Wildman–Crippen MR) is 113 cm³/mol. The van der Waals surface area contributed by atoms with Gasteiger partial charge in [-0.2, -0.15) is 0 Å². The van der Waals surface area contributed by atoms with Gasteiger partial charge in [0.1, 0.15) is 12.1 Å². The van der Waals surface area contributed by atoms with Crippen LogP contribution in [0.1, 0.15) is 45.4 Å². The largest absolute Gasteiger partial charge is 0.370 e. The number of guanidine groups is 2. The maximum absolute atomic E-state index is 12.7. The Labute approximate surface area is 171 Å². The fourth-order valence-corrected chi connectivity index (χ4v) is 2.48. The van der Waals surface area contributed by atoms with Crippen molar-refractivity contribution in [1.29, 1.82) is 0 Å². The zero-order valence-electron chi connectivity index (χ0n) is 17.2. The highest BCUT2D eigenvalue weighted by atomic mass is 16.2. The zero-order valence-corrected chi connectivity index (χ0v) is 17.2. The van der Waals surface area contributed by atoms with Crippen molar-refractivity contribution >= 4 is 29.6 Å². The van der Waals surface area contributed by atoms with Crippen LogP contribution < -0.4 is 38.9 Å². The molecular weight excluding hydrogens is 378 g/mol. The third-order valence-corrected chi connectivity index (χ3v) is 3.90. The first-order chi connectivity index (χ1) is 13.7. The van der Waals surface area contributed by atoms with E-state index in [9.17, 15) is 14.4 Å². The Morgan fingerprint density at radius 3 is 1.72 bits per heavy atom. The van der Waals surface area contributed by atoms with Crippen molar-refractivity contribution in [3.63, 3.8) is 0 Å². The number of likely N-dealkylation sites (N-methyl/N-ethyl adjacent to an activating group) is 1. The highest BCUT2D eigenvalue weighted by Crippen LogP contribution is 2.04. The summed E-state index contributed by atoms with van der Waals surface area (Å²) in [5.74, 6) is -1.11. The molecule has 0 aromatic heterocycles. The second kappa shape index (κ2) is 14.9. The van der Waals surface area contributed by atoms with E-state index in [1.54, 1.807) is 0 Å². The van der Waals surface area contributed by atoms with E-state index in [0.29, 0.717) is 51.6 Å². The lowest BCUT2D eigenvalue weighted by molar-refractivity contribution is -0.132. The lowest BCUT2D eigenvalue weighted by Gasteiger charge is -2.22. The molecule has 0 spiro atoms. The summed E-state index contributed by atoms with van der Waals surface area (Å²) in [5, 5.41) is 7.91. The average Bonchev–Trinajstić information content (AvgIpc) is 2.65. The fraction of sp³-hybridized carbons (Fsp3) is 0.706. The lowest BCUT2D eigenvalue weighted by atomic mass is 10.1. The van der Waals surface area contributed by atoms with Crippen LogP contribution in [0.3, 0.4) is 0 Å². The standard InChI is InChI=1S/C17H35N9O3/c1-3-6-13(27)25-12(8-5-10-24-17(20)21)15(29)26-11(14(28)22-2)7-4-9-23-16(18)19/h11-12H,3-10H2,1-2H3,(H,22,28)(H,25,27)(H,26,29)(H4,18,19,23)(H4,20,21,24). The molecule has 0 aromatic rings. The van der Waals surface area contributed by atoms with Gasteiger partial charge in [0.2, 0.25) is 17.7 Å². The predicted octanol–water partition coefficient (Wildman–Crippen LogP) is -2.39. The number of amides is 3. The third kappa shape index (κ3) is 12.9. The average molecular weight is 414 g/mol. The van der Waals surface area contributed by atoms with Crippen LogP contribution in [0.25, 0.3) is 0 Å². The minimum atomic E-state index is -0.798. The number of hydrogen-bond donors (Lipinski definition) is 7. The minimum absolute atomic E-state index is 0.0370. The van der Waals surface area contributed by atoms with Crippen molar-refractivity contribution in [3.05, 3.63) is 0 Å². The van der Waals surface area contributed by atoms with Crippen LogP contribution >= 0.6 is 0 Å². The van der Waals surface area contributed by atoms with Gasteiger partial charge in [-0.25, -0.2) is 0 Å². The number of carbonyl (C=O) groups excluding carboxylic acids is 3. The van der Waals surface area contributed by atoms with Gasteiger partial charge in [0.15, 0.2) is 11.9 Å². The molecule has 12 heteroatoms. The van der Waals surface area contributed by atoms with E-state index < -0.39 is 18.0 Å². The van der Waals surface area contributed by atoms with Gasteiger partial charge in [-0.3, -0.25) is 24.4 Å². The molecule has 166 valence electrons. The molecule has 0 saturated heterocycles. The van der Waals surface area contributed by atoms with Crippen LogP contribution in [0.2, 0.25) is 0 Å². The Hall–Kier alpha value is -3.05. The quantitative estimate of drug-likeness (QED) is 0.0929. The number of nitrogens with one attached hydrogen (secondary N) is 3. The van der Waals surface area contributed by atoms with Crippen molar-refractivity contribution in [2.24, 2.45) is 32.9 Å². The number of nitrogens with zero attached hydrogens (tertiary/aromatic N) is 2. The van der Waals surface area contributed by atoms with Gasteiger partial charge in [-0.15, -0.1) is 0 Å². The van der Waals surface area contributed by atoms with Crippen molar-refractivity contribution in [2.45, 2.75) is 57.5 Å². The first-order valence-electron chi connectivity index (χ1n) is 9.63. The molecule has 3 amide bonds. The summed E-state index contributed by atoms with van der Waals surface area (Å²) in [6.45, 7) is 2.53. The molecule has 2 atom stereocenters. The van der Waals surface area contributed by atoms with Crippen LogP contribution in [0.15, 0.2) is 9.98 Å². The number of rotatable bonds is 14. The minimum Gasteiger partial charge on any atom is -0.370 e. The van der Waals surface area contributed by atoms with Crippen molar-refractivity contribution < 1.29 is 14.4 Å². The molecule has 0 aliphatic carbocycles. The van der Waals surface area contributed by atoms with Crippen LogP contribution in [0.4, 0.5) is 0 Å². The number of carbonyl (C=O) groups is 3. The Balaban J connectivity index is 5.01. The van der Waals surface area contributed by atoms with Crippen LogP contribution in [0, 0.1) is 0 Å². The maximum Gasteiger partial charge on any atom is 0.243 e. The lowest BCUT2D eigenvalue weighted by Crippen LogP contribution is -2.53. The third-order valence-electron chi connectivity index (χ3n) is 3.90. The van der Waals surface area contributed by atoms with Gasteiger partial charge < -0.3 is 38.9 Å². The first-order valence-corrected chi connectivity index (χ1v) is 9.63. The monoisotopic (exact) mass is 413 g/mol. The normalized spacial score (nSPS) is 12.2. The van der Waals surface area contributed by atoms with Crippen molar-refractivity contribution in [3.8, 4) is 0 Å². The molecule has 0 rings (SSSR count). The van der Waals surface area contributed by atoms with E-state index in [-0.39, 0.29) is 23.7 Å². The molecule has 12 nitrogen and oxygen atoms in total. The van der Waals surface area contributed by atoms with Crippen LogP contribution in [-0.2, 0) is 14.4 Å². The summed E-state index contributed by atoms with van der Waals surface area (Å²) in [6.07, 6.45) is 2.60. The van der Waals surface area contributed by atoms with E-state index in [0.717, 1.165) is 0 Å². The Morgan fingerprint density at radius 2 is 1.31 bits per heavy atom. The smallest absolute Gasteiger partial charge is 0.243 e. The summed E-state index contributed by atoms with van der Waals surface area (Å²) in [6, 6.07) is -1.57. The molecular formula is C17H35N9O3. The molecule has 0 radical (unpaired) electrons. The molecule has 0 heterocycles. The van der Waals surface area contributed by atoms with Gasteiger partial charge >= 0.3 is 0 Å². The van der Waals surface area contributed by atoms with Crippen LogP contribution in [0.5, 0.6) is 0 Å². The molecule has 11 N–H and O–H groups in total. The Kier molecular flexibility index (Phi) is 13.4. The summed E-state index contributed by atoms with van der Waals surface area (Å²) in [4.78, 5) is 44.5. The molecule has 0 fully saturated rings. The SMILES string of the molecule is CCCC(=O)NC(CCCN=C(N)N)C(=O)NC(CCCN=C(N)N)C(=O)NC. The molecule has 2 unspecified atom stereocenters. The molecule has 0 saturated carbocycles. The number of hydrogen-bond acceptors (Lipinski definition) is 5. The molecule has 0 aliphatic rings. The molecule has 0 bridgehead atoms. The topological polar surface area (TPSA) is 216 Å². The fourth-order valence-electron chi connectivity index (χ4n) is 2.48. The Bertz CT molecular complexity index is 585. The summed E-state index contributed by atoms with van der Waals surface area (Å²) in [5.41, 5.74) is 21.1. The first kappa shape index (κ1) is 26.0. The van der Waals surface area contributed by atoms with Gasteiger partial charge in [-0.1, -0.05) is 6.92 Å². The zero-order chi connectivity index (χ0) is 22.2.